The van der Waals surface area contributed by atoms with E-state index in [4.69, 9.17) is 27.5 Å². The molecule has 5 nitrogen and oxygen atoms in total. The fourth-order valence-electron chi connectivity index (χ4n) is 2.37. The fraction of sp³-hybridized carbons (Fsp3) is 0.182. The molecule has 0 spiro atoms. The fourth-order valence-corrected chi connectivity index (χ4v) is 2.54. The maximum atomic E-state index is 12.5. The Morgan fingerprint density at radius 1 is 1.29 bits per heavy atom. The van der Waals surface area contributed by atoms with E-state index >= 15 is 0 Å². The minimum Gasteiger partial charge on any atom is -0.490 e. The first-order chi connectivity index (χ1) is 13.5. The molecule has 0 atom stereocenters. The largest absolute Gasteiger partial charge is 0.490 e. The number of hydrogen-bond acceptors (Lipinski definition) is 4. The van der Waals surface area contributed by atoms with Gasteiger partial charge in [-0.1, -0.05) is 29.7 Å². The number of ether oxygens (including phenoxy) is 2. The van der Waals surface area contributed by atoms with E-state index < -0.39 is 5.91 Å². The van der Waals surface area contributed by atoms with Crippen LogP contribution in [-0.2, 0) is 4.79 Å². The van der Waals surface area contributed by atoms with Crippen molar-refractivity contribution in [3.63, 3.8) is 0 Å². The number of rotatable bonds is 7. The number of amides is 1. The van der Waals surface area contributed by atoms with E-state index in [0.717, 1.165) is 5.56 Å². The standard InChI is InChI=1S/C22H19ClN2O3/c1-4-11-28-20-10-9-16(13-21(20)27-5-2)12-17(14-24)22(26)25-19-8-6-7-18(23)15(19)3/h1,6-10,12-13H,5,11H2,2-3H3,(H,25,26). The molecule has 2 rings (SSSR count). The summed E-state index contributed by atoms with van der Waals surface area (Å²) in [6.45, 7) is 4.17. The number of nitrogens with one attached hydrogen (secondary N) is 1. The van der Waals surface area contributed by atoms with Gasteiger partial charge in [0.05, 0.1) is 6.61 Å². The summed E-state index contributed by atoms with van der Waals surface area (Å²) >= 11 is 6.07. The van der Waals surface area contributed by atoms with Crippen LogP contribution in [0.2, 0.25) is 5.02 Å². The topological polar surface area (TPSA) is 71.3 Å². The molecule has 1 N–H and O–H groups in total. The summed E-state index contributed by atoms with van der Waals surface area (Å²) in [4.78, 5) is 12.5. The van der Waals surface area contributed by atoms with E-state index in [0.29, 0.717) is 34.4 Å². The Kier molecular flexibility index (Phi) is 7.51. The van der Waals surface area contributed by atoms with Crippen molar-refractivity contribution in [1.82, 2.24) is 0 Å². The Hall–Kier alpha value is -3.41. The van der Waals surface area contributed by atoms with Crippen LogP contribution in [0.3, 0.4) is 0 Å². The van der Waals surface area contributed by atoms with Gasteiger partial charge in [0.15, 0.2) is 11.5 Å². The molecule has 2 aromatic rings. The average Bonchev–Trinajstić information content (AvgIpc) is 2.69. The molecule has 0 fully saturated rings. The molecule has 0 bridgehead atoms. The predicted molar refractivity (Wildman–Crippen MR) is 110 cm³/mol. The van der Waals surface area contributed by atoms with Gasteiger partial charge in [-0.15, -0.1) is 6.42 Å². The second kappa shape index (κ2) is 10.1. The second-order valence-corrected chi connectivity index (χ2v) is 6.08. The molecule has 1 amide bonds. The molecule has 142 valence electrons. The first-order valence-electron chi connectivity index (χ1n) is 8.51. The van der Waals surface area contributed by atoms with Crippen LogP contribution in [0.4, 0.5) is 5.69 Å². The average molecular weight is 395 g/mol. The van der Waals surface area contributed by atoms with E-state index in [1.807, 2.05) is 13.0 Å². The summed E-state index contributed by atoms with van der Waals surface area (Å²) < 4.78 is 11.0. The van der Waals surface area contributed by atoms with Crippen LogP contribution in [0, 0.1) is 30.6 Å². The van der Waals surface area contributed by atoms with E-state index in [1.54, 1.807) is 43.3 Å². The van der Waals surface area contributed by atoms with Gasteiger partial charge in [0.25, 0.3) is 5.91 Å². The highest BCUT2D eigenvalue weighted by molar-refractivity contribution is 6.31. The lowest BCUT2D eigenvalue weighted by Gasteiger charge is -2.11. The zero-order chi connectivity index (χ0) is 20.5. The maximum absolute atomic E-state index is 12.5. The lowest BCUT2D eigenvalue weighted by Crippen LogP contribution is -2.14. The SMILES string of the molecule is C#CCOc1ccc(C=C(C#N)C(=O)Nc2cccc(Cl)c2C)cc1OCC. The molecule has 28 heavy (non-hydrogen) atoms. The number of nitrogens with zero attached hydrogens (tertiary/aromatic N) is 1. The lowest BCUT2D eigenvalue weighted by molar-refractivity contribution is -0.112. The zero-order valence-electron chi connectivity index (χ0n) is 15.6. The third-order valence-corrected chi connectivity index (χ3v) is 4.18. The highest BCUT2D eigenvalue weighted by atomic mass is 35.5. The summed E-state index contributed by atoms with van der Waals surface area (Å²) in [7, 11) is 0. The van der Waals surface area contributed by atoms with Gasteiger partial charge in [0, 0.05) is 10.7 Å². The van der Waals surface area contributed by atoms with Crippen molar-refractivity contribution in [1.29, 1.82) is 5.26 Å². The summed E-state index contributed by atoms with van der Waals surface area (Å²) in [5.74, 6) is 2.84. The van der Waals surface area contributed by atoms with Gasteiger partial charge in [-0.25, -0.2) is 0 Å². The van der Waals surface area contributed by atoms with Gasteiger partial charge in [0.2, 0.25) is 0 Å². The van der Waals surface area contributed by atoms with Crippen molar-refractivity contribution in [3.05, 3.63) is 58.1 Å². The summed E-state index contributed by atoms with van der Waals surface area (Å²) in [5.41, 5.74) is 1.83. The van der Waals surface area contributed by atoms with Crippen LogP contribution < -0.4 is 14.8 Å². The predicted octanol–water partition coefficient (Wildman–Crippen LogP) is 4.60. The van der Waals surface area contributed by atoms with Crippen molar-refractivity contribution in [3.8, 4) is 29.9 Å². The summed E-state index contributed by atoms with van der Waals surface area (Å²) in [5, 5.41) is 12.7. The van der Waals surface area contributed by atoms with Gasteiger partial charge >= 0.3 is 0 Å². The van der Waals surface area contributed by atoms with Gasteiger partial charge in [-0.2, -0.15) is 5.26 Å². The first kappa shape index (κ1) is 20.9. The van der Waals surface area contributed by atoms with Crippen LogP contribution in [0.15, 0.2) is 42.0 Å². The minimum absolute atomic E-state index is 0.0564. The van der Waals surface area contributed by atoms with Gasteiger partial charge in [-0.05, 0) is 55.3 Å². The number of halogens is 1. The van der Waals surface area contributed by atoms with E-state index in [1.165, 1.54) is 6.08 Å². The van der Waals surface area contributed by atoms with Crippen molar-refractivity contribution in [2.75, 3.05) is 18.5 Å². The second-order valence-electron chi connectivity index (χ2n) is 5.67. The lowest BCUT2D eigenvalue weighted by atomic mass is 10.1. The van der Waals surface area contributed by atoms with Gasteiger partial charge in [-0.3, -0.25) is 4.79 Å². The number of terminal acetylenes is 1. The monoisotopic (exact) mass is 394 g/mol. The normalized spacial score (nSPS) is 10.5. The molecule has 0 heterocycles. The first-order valence-corrected chi connectivity index (χ1v) is 8.89. The van der Waals surface area contributed by atoms with E-state index in [2.05, 4.69) is 11.2 Å². The van der Waals surface area contributed by atoms with Crippen molar-refractivity contribution in [2.45, 2.75) is 13.8 Å². The van der Waals surface area contributed by atoms with Crippen LogP contribution in [-0.4, -0.2) is 19.1 Å². The molecule has 2 aromatic carbocycles. The number of carbonyl (C=O) groups excluding carboxylic acids is 1. The van der Waals surface area contributed by atoms with Crippen molar-refractivity contribution >= 4 is 29.3 Å². The van der Waals surface area contributed by atoms with Crippen LogP contribution in [0.5, 0.6) is 11.5 Å². The molecule has 0 unspecified atom stereocenters. The summed E-state index contributed by atoms with van der Waals surface area (Å²) in [6, 6.07) is 12.2. The van der Waals surface area contributed by atoms with Crippen LogP contribution >= 0.6 is 11.6 Å². The molecule has 0 aromatic heterocycles. The van der Waals surface area contributed by atoms with Gasteiger partial charge in [0.1, 0.15) is 18.2 Å². The number of carbonyl (C=O) groups is 1. The van der Waals surface area contributed by atoms with Crippen molar-refractivity contribution < 1.29 is 14.3 Å². The number of anilines is 1. The molecule has 0 saturated carbocycles. The zero-order valence-corrected chi connectivity index (χ0v) is 16.3. The molecule has 0 aliphatic carbocycles. The number of nitriles is 1. The third-order valence-electron chi connectivity index (χ3n) is 3.77. The molecule has 0 aliphatic heterocycles. The Bertz CT molecular complexity index is 984. The minimum atomic E-state index is -0.529. The third kappa shape index (κ3) is 5.30. The number of benzene rings is 2. The molecule has 0 saturated heterocycles. The number of hydrogen-bond donors (Lipinski definition) is 1. The van der Waals surface area contributed by atoms with E-state index in [9.17, 15) is 10.1 Å². The van der Waals surface area contributed by atoms with Gasteiger partial charge < -0.3 is 14.8 Å². The molecule has 6 heteroatoms. The molecule has 0 aliphatic rings. The Morgan fingerprint density at radius 3 is 2.75 bits per heavy atom. The quantitative estimate of drug-likeness (QED) is 0.423. The maximum Gasteiger partial charge on any atom is 0.266 e. The van der Waals surface area contributed by atoms with Crippen LogP contribution in [0.1, 0.15) is 18.1 Å². The van der Waals surface area contributed by atoms with E-state index in [-0.39, 0.29) is 12.2 Å². The Morgan fingerprint density at radius 2 is 2.07 bits per heavy atom. The molecule has 0 radical (unpaired) electrons. The summed E-state index contributed by atoms with van der Waals surface area (Å²) in [6.07, 6.45) is 6.69. The highest BCUT2D eigenvalue weighted by Crippen LogP contribution is 2.29. The Labute approximate surface area is 169 Å². The van der Waals surface area contributed by atoms with Crippen molar-refractivity contribution in [2.24, 2.45) is 0 Å². The highest BCUT2D eigenvalue weighted by Gasteiger charge is 2.13. The smallest absolute Gasteiger partial charge is 0.266 e. The van der Waals surface area contributed by atoms with Crippen LogP contribution in [0.25, 0.3) is 6.08 Å². The molecular formula is C22H19ClN2O3. The Balaban J connectivity index is 2.29. The molecular weight excluding hydrogens is 376 g/mol.